The molecule has 3 aromatic rings. The van der Waals surface area contributed by atoms with Crippen LogP contribution in [0.3, 0.4) is 0 Å². The molecule has 220 valence electrons. The maximum Gasteiger partial charge on any atom is 0.271 e. The maximum atomic E-state index is 14.7. The van der Waals surface area contributed by atoms with E-state index in [0.717, 1.165) is 68.8 Å². The second kappa shape index (κ2) is 11.9. The van der Waals surface area contributed by atoms with E-state index >= 15 is 0 Å². The van der Waals surface area contributed by atoms with Gasteiger partial charge in [0.15, 0.2) is 11.5 Å². The molecule has 2 saturated heterocycles. The number of hydrogen-bond donors (Lipinski definition) is 3. The zero-order valence-electron chi connectivity index (χ0n) is 23.9. The van der Waals surface area contributed by atoms with Crippen LogP contribution >= 0.6 is 0 Å². The second-order valence-electron chi connectivity index (χ2n) is 11.5. The van der Waals surface area contributed by atoms with Crippen molar-refractivity contribution >= 4 is 34.8 Å². The number of nitrogens with two attached hydrogens (primary N) is 1. The van der Waals surface area contributed by atoms with Gasteiger partial charge in [-0.25, -0.2) is 14.4 Å². The molecule has 2 aliphatic heterocycles. The minimum atomic E-state index is -0.677. The van der Waals surface area contributed by atoms with Crippen molar-refractivity contribution in [3.8, 4) is 0 Å². The minimum Gasteiger partial charge on any atom is -0.369 e. The number of piperidine rings is 1. The number of benzene rings is 2. The van der Waals surface area contributed by atoms with Gasteiger partial charge < -0.3 is 31.1 Å². The average molecular weight is 573 g/mol. The first-order valence-corrected chi connectivity index (χ1v) is 14.7. The number of rotatable bonds is 8. The lowest BCUT2D eigenvalue weighted by atomic mass is 10.0. The number of piperazine rings is 1. The number of aromatic nitrogens is 2. The van der Waals surface area contributed by atoms with E-state index in [1.807, 2.05) is 23.1 Å². The molecule has 3 fully saturated rings. The number of anilines is 4. The highest BCUT2D eigenvalue weighted by Gasteiger charge is 2.27. The normalized spacial score (nSPS) is 19.4. The highest BCUT2D eigenvalue weighted by atomic mass is 19.1. The predicted octanol–water partition coefficient (Wildman–Crippen LogP) is 3.49. The van der Waals surface area contributed by atoms with E-state index in [0.29, 0.717) is 24.8 Å². The lowest BCUT2D eigenvalue weighted by Crippen LogP contribution is -2.48. The van der Waals surface area contributed by atoms with Gasteiger partial charge in [-0.15, -0.1) is 0 Å². The molecule has 6 rings (SSSR count). The molecule has 0 bridgehead atoms. The third kappa shape index (κ3) is 6.30. The zero-order chi connectivity index (χ0) is 29.2. The number of likely N-dealkylation sites (N-methyl/N-ethyl adjacent to an activating group) is 1. The molecule has 10 nitrogen and oxygen atoms in total. The van der Waals surface area contributed by atoms with E-state index in [1.165, 1.54) is 12.3 Å². The Balaban J connectivity index is 1.13. The Morgan fingerprint density at radius 2 is 1.74 bits per heavy atom. The van der Waals surface area contributed by atoms with Crippen LogP contribution in [0.25, 0.3) is 0 Å². The monoisotopic (exact) mass is 572 g/mol. The van der Waals surface area contributed by atoms with Crippen LogP contribution in [0.1, 0.15) is 58.0 Å². The van der Waals surface area contributed by atoms with Gasteiger partial charge in [0, 0.05) is 56.7 Å². The first kappa shape index (κ1) is 27.9. The summed E-state index contributed by atoms with van der Waals surface area (Å²) in [6.45, 7) is 5.19. The molecule has 4 N–H and O–H groups in total. The smallest absolute Gasteiger partial charge is 0.271 e. The van der Waals surface area contributed by atoms with Crippen molar-refractivity contribution in [1.29, 1.82) is 0 Å². The number of primary amides is 1. The van der Waals surface area contributed by atoms with Crippen molar-refractivity contribution in [1.82, 2.24) is 20.2 Å². The van der Waals surface area contributed by atoms with E-state index in [2.05, 4.69) is 44.6 Å². The molecular formula is C31H37FN8O2. The van der Waals surface area contributed by atoms with Crippen LogP contribution in [0.5, 0.6) is 0 Å². The van der Waals surface area contributed by atoms with Crippen molar-refractivity contribution in [2.75, 3.05) is 61.4 Å². The van der Waals surface area contributed by atoms with Gasteiger partial charge in [0.1, 0.15) is 11.6 Å². The topological polar surface area (TPSA) is 120 Å². The van der Waals surface area contributed by atoms with Crippen LogP contribution in [0, 0.1) is 5.82 Å². The minimum absolute atomic E-state index is 0.0499. The molecule has 2 amide bonds. The molecule has 1 aliphatic carbocycles. The lowest BCUT2D eigenvalue weighted by molar-refractivity contribution is 0.0927. The van der Waals surface area contributed by atoms with Crippen LogP contribution in [0.2, 0.25) is 0 Å². The highest BCUT2D eigenvalue weighted by Crippen LogP contribution is 2.40. The number of halogens is 1. The Kier molecular flexibility index (Phi) is 7.92. The summed E-state index contributed by atoms with van der Waals surface area (Å²) in [4.78, 5) is 40.8. The molecule has 3 heterocycles. The van der Waals surface area contributed by atoms with E-state index in [9.17, 15) is 14.0 Å². The zero-order valence-corrected chi connectivity index (χ0v) is 23.9. The van der Waals surface area contributed by atoms with E-state index in [-0.39, 0.29) is 23.1 Å². The molecule has 0 spiro atoms. The number of carbonyl (C=O) groups excluding carboxylic acids is 2. The first-order valence-electron chi connectivity index (χ1n) is 14.7. The molecule has 3 aliphatic rings. The van der Waals surface area contributed by atoms with E-state index in [1.54, 1.807) is 6.07 Å². The predicted molar refractivity (Wildman–Crippen MR) is 161 cm³/mol. The standard InChI is InChI=1S/C31H37FN8O2/c1-38-13-15-39(16-14-38)24-9-7-22(8-10-24)35-30-28(29(33)41)34-18-27(37-30)40-12-2-3-23(19-40)36-31(42)25-11-6-21(17-26(25)32)20-4-5-20/h6-11,17-18,20,23H,2-5,12-16,19H2,1H3,(H2,33,41)(H,35,37)(H,36,42)/t23-/m1/s1. The number of nitrogens with one attached hydrogen (secondary N) is 2. The second-order valence-corrected chi connectivity index (χ2v) is 11.5. The van der Waals surface area contributed by atoms with Crippen LogP contribution in [0.15, 0.2) is 48.7 Å². The molecule has 1 atom stereocenters. The Morgan fingerprint density at radius 1 is 0.976 bits per heavy atom. The first-order chi connectivity index (χ1) is 20.3. The maximum absolute atomic E-state index is 14.7. The molecular weight excluding hydrogens is 535 g/mol. The highest BCUT2D eigenvalue weighted by molar-refractivity contribution is 5.96. The van der Waals surface area contributed by atoms with Gasteiger partial charge in [0.25, 0.3) is 11.8 Å². The van der Waals surface area contributed by atoms with Gasteiger partial charge in [0.05, 0.1) is 11.8 Å². The summed E-state index contributed by atoms with van der Waals surface area (Å²) in [5, 5.41) is 6.21. The van der Waals surface area contributed by atoms with E-state index < -0.39 is 17.6 Å². The molecule has 2 aromatic carbocycles. The number of amides is 2. The fraction of sp³-hybridized carbons (Fsp3) is 0.419. The van der Waals surface area contributed by atoms with Crippen molar-refractivity contribution < 1.29 is 14.0 Å². The van der Waals surface area contributed by atoms with Crippen molar-refractivity contribution in [3.63, 3.8) is 0 Å². The van der Waals surface area contributed by atoms with Gasteiger partial charge in [0.2, 0.25) is 0 Å². The van der Waals surface area contributed by atoms with Gasteiger partial charge in [-0.05, 0) is 80.6 Å². The average Bonchev–Trinajstić information content (AvgIpc) is 3.84. The summed E-state index contributed by atoms with van der Waals surface area (Å²) >= 11 is 0. The Bertz CT molecular complexity index is 1450. The quantitative estimate of drug-likeness (QED) is 0.375. The van der Waals surface area contributed by atoms with Crippen LogP contribution in [-0.4, -0.2) is 79.0 Å². The van der Waals surface area contributed by atoms with E-state index in [4.69, 9.17) is 10.7 Å². The fourth-order valence-corrected chi connectivity index (χ4v) is 5.71. The fourth-order valence-electron chi connectivity index (χ4n) is 5.71. The van der Waals surface area contributed by atoms with Crippen molar-refractivity contribution in [3.05, 3.63) is 71.3 Å². The van der Waals surface area contributed by atoms with Crippen molar-refractivity contribution in [2.24, 2.45) is 5.73 Å². The van der Waals surface area contributed by atoms with Gasteiger partial charge in [-0.2, -0.15) is 0 Å². The van der Waals surface area contributed by atoms with Gasteiger partial charge >= 0.3 is 0 Å². The molecule has 1 aromatic heterocycles. The summed E-state index contributed by atoms with van der Waals surface area (Å²) in [6, 6.07) is 12.7. The number of carbonyl (C=O) groups is 2. The third-order valence-electron chi connectivity index (χ3n) is 8.36. The Morgan fingerprint density at radius 3 is 2.43 bits per heavy atom. The third-order valence-corrected chi connectivity index (χ3v) is 8.36. The summed E-state index contributed by atoms with van der Waals surface area (Å²) in [5.74, 6) is -0.314. The summed E-state index contributed by atoms with van der Waals surface area (Å²) < 4.78 is 14.7. The lowest BCUT2D eigenvalue weighted by Gasteiger charge is -2.34. The van der Waals surface area contributed by atoms with Gasteiger partial charge in [-0.3, -0.25) is 9.59 Å². The largest absolute Gasteiger partial charge is 0.369 e. The summed E-state index contributed by atoms with van der Waals surface area (Å²) in [5.41, 5.74) is 8.60. The van der Waals surface area contributed by atoms with Crippen LogP contribution in [0.4, 0.5) is 27.4 Å². The molecule has 1 saturated carbocycles. The Labute approximate surface area is 245 Å². The number of hydrogen-bond acceptors (Lipinski definition) is 8. The Hall–Kier alpha value is -4.25. The summed E-state index contributed by atoms with van der Waals surface area (Å²) in [6.07, 6.45) is 5.26. The number of nitrogens with zero attached hydrogens (tertiary/aromatic N) is 5. The molecule has 0 unspecified atom stereocenters. The molecule has 42 heavy (non-hydrogen) atoms. The van der Waals surface area contributed by atoms with Crippen LogP contribution < -0.4 is 26.2 Å². The van der Waals surface area contributed by atoms with Crippen LogP contribution in [-0.2, 0) is 0 Å². The summed E-state index contributed by atoms with van der Waals surface area (Å²) in [7, 11) is 2.13. The molecule has 0 radical (unpaired) electrons. The van der Waals surface area contributed by atoms with Crippen molar-refractivity contribution in [2.45, 2.75) is 37.6 Å². The molecule has 11 heteroatoms. The van der Waals surface area contributed by atoms with Gasteiger partial charge in [-0.1, -0.05) is 6.07 Å². The SMILES string of the molecule is CN1CCN(c2ccc(Nc3nc(N4CCC[C@@H](NC(=O)c5ccc(C6CC6)cc5F)C4)cnc3C(N)=O)cc2)CC1.